The van der Waals surface area contributed by atoms with Crippen molar-refractivity contribution in [3.05, 3.63) is 29.8 Å². The van der Waals surface area contributed by atoms with E-state index in [0.717, 1.165) is 25.9 Å². The summed E-state index contributed by atoms with van der Waals surface area (Å²) in [6.07, 6.45) is -2.39. The molecule has 20 heavy (non-hydrogen) atoms. The summed E-state index contributed by atoms with van der Waals surface area (Å²) in [5.41, 5.74) is 0.676. The molecule has 1 aromatic carbocycles. The van der Waals surface area contributed by atoms with Crippen molar-refractivity contribution in [2.45, 2.75) is 25.8 Å². The quantitative estimate of drug-likeness (QED) is 0.903. The van der Waals surface area contributed by atoms with Crippen LogP contribution in [0.1, 0.15) is 18.4 Å². The van der Waals surface area contributed by atoms with Crippen LogP contribution in [0.2, 0.25) is 0 Å². The monoisotopic (exact) mass is 289 g/mol. The summed E-state index contributed by atoms with van der Waals surface area (Å²) in [4.78, 5) is 0. The standard InChI is InChI=1S/C14H18F3NO2/c15-14(16,17)20-13-5-1-3-11(7-13)9-19-10-12-4-2-6-18-8-12/h1,3,5,7,12,18H,2,4,6,8-10H2. The Balaban J connectivity index is 1.79. The number of benzene rings is 1. The Labute approximate surface area is 116 Å². The summed E-state index contributed by atoms with van der Waals surface area (Å²) in [6, 6.07) is 5.89. The minimum absolute atomic E-state index is 0.210. The highest BCUT2D eigenvalue weighted by Crippen LogP contribution is 2.23. The van der Waals surface area contributed by atoms with Crippen LogP contribution < -0.4 is 10.1 Å². The Hall–Kier alpha value is -1.27. The van der Waals surface area contributed by atoms with Gasteiger partial charge in [-0.2, -0.15) is 0 Å². The van der Waals surface area contributed by atoms with Crippen LogP contribution in [0.15, 0.2) is 24.3 Å². The summed E-state index contributed by atoms with van der Waals surface area (Å²) in [6.45, 7) is 2.91. The molecule has 1 N–H and O–H groups in total. The van der Waals surface area contributed by atoms with Gasteiger partial charge in [0, 0.05) is 6.54 Å². The average Bonchev–Trinajstić information content (AvgIpc) is 2.38. The fourth-order valence-electron chi connectivity index (χ4n) is 2.24. The lowest BCUT2D eigenvalue weighted by Gasteiger charge is -2.22. The van der Waals surface area contributed by atoms with Crippen molar-refractivity contribution in [2.75, 3.05) is 19.7 Å². The fourth-order valence-corrected chi connectivity index (χ4v) is 2.24. The third-order valence-corrected chi connectivity index (χ3v) is 3.15. The third-order valence-electron chi connectivity index (χ3n) is 3.15. The number of ether oxygens (including phenoxy) is 2. The summed E-state index contributed by atoms with van der Waals surface area (Å²) in [5, 5.41) is 3.29. The van der Waals surface area contributed by atoms with Crippen molar-refractivity contribution in [3.63, 3.8) is 0 Å². The van der Waals surface area contributed by atoms with Gasteiger partial charge >= 0.3 is 6.36 Å². The number of piperidine rings is 1. The largest absolute Gasteiger partial charge is 0.573 e. The number of hydrogen-bond donors (Lipinski definition) is 1. The van der Waals surface area contributed by atoms with Crippen LogP contribution in [0.4, 0.5) is 13.2 Å². The number of nitrogens with one attached hydrogen (secondary N) is 1. The van der Waals surface area contributed by atoms with Gasteiger partial charge in [0.25, 0.3) is 0 Å². The molecule has 1 saturated heterocycles. The van der Waals surface area contributed by atoms with E-state index in [4.69, 9.17) is 4.74 Å². The molecule has 0 radical (unpaired) electrons. The second-order valence-electron chi connectivity index (χ2n) is 4.92. The Bertz CT molecular complexity index is 417. The molecule has 0 spiro atoms. The molecule has 1 fully saturated rings. The molecule has 0 aromatic heterocycles. The van der Waals surface area contributed by atoms with E-state index in [1.54, 1.807) is 6.07 Å². The summed E-state index contributed by atoms with van der Waals surface area (Å²) in [7, 11) is 0. The van der Waals surface area contributed by atoms with Gasteiger partial charge in [-0.15, -0.1) is 13.2 Å². The van der Waals surface area contributed by atoms with Crippen LogP contribution in [0, 0.1) is 5.92 Å². The zero-order valence-electron chi connectivity index (χ0n) is 11.1. The first kappa shape index (κ1) is 15.1. The first-order chi connectivity index (χ1) is 9.53. The Morgan fingerprint density at radius 1 is 1.30 bits per heavy atom. The molecule has 1 unspecified atom stereocenters. The second kappa shape index (κ2) is 6.95. The highest BCUT2D eigenvalue weighted by molar-refractivity contribution is 5.28. The molecule has 1 aromatic rings. The fraction of sp³-hybridized carbons (Fsp3) is 0.571. The maximum atomic E-state index is 12.1. The average molecular weight is 289 g/mol. The first-order valence-electron chi connectivity index (χ1n) is 6.66. The van der Waals surface area contributed by atoms with Crippen LogP contribution in [0.25, 0.3) is 0 Å². The maximum absolute atomic E-state index is 12.1. The van der Waals surface area contributed by atoms with Crippen LogP contribution in [0.5, 0.6) is 5.75 Å². The minimum Gasteiger partial charge on any atom is -0.406 e. The zero-order valence-corrected chi connectivity index (χ0v) is 11.1. The van der Waals surface area contributed by atoms with Crippen LogP contribution in [-0.4, -0.2) is 26.1 Å². The van der Waals surface area contributed by atoms with Gasteiger partial charge < -0.3 is 14.8 Å². The molecule has 1 aliphatic heterocycles. The summed E-state index contributed by atoms with van der Waals surface area (Å²) >= 11 is 0. The SMILES string of the molecule is FC(F)(F)Oc1cccc(COCC2CCCNC2)c1. The second-order valence-corrected chi connectivity index (χ2v) is 4.92. The van der Waals surface area contributed by atoms with Gasteiger partial charge in [-0.3, -0.25) is 0 Å². The molecule has 1 aliphatic rings. The van der Waals surface area contributed by atoms with E-state index < -0.39 is 6.36 Å². The lowest BCUT2D eigenvalue weighted by Crippen LogP contribution is -2.32. The van der Waals surface area contributed by atoms with Crippen molar-refractivity contribution in [2.24, 2.45) is 5.92 Å². The molecule has 3 nitrogen and oxygen atoms in total. The lowest BCUT2D eigenvalue weighted by atomic mass is 10.0. The van der Waals surface area contributed by atoms with E-state index in [0.29, 0.717) is 24.7 Å². The summed E-state index contributed by atoms with van der Waals surface area (Å²) in [5.74, 6) is 0.274. The third kappa shape index (κ3) is 5.38. The smallest absolute Gasteiger partial charge is 0.406 e. The lowest BCUT2D eigenvalue weighted by molar-refractivity contribution is -0.274. The van der Waals surface area contributed by atoms with Gasteiger partial charge in [0.1, 0.15) is 5.75 Å². The minimum atomic E-state index is -4.66. The topological polar surface area (TPSA) is 30.5 Å². The van der Waals surface area contributed by atoms with Crippen molar-refractivity contribution < 1.29 is 22.6 Å². The van der Waals surface area contributed by atoms with Crippen molar-refractivity contribution in [1.82, 2.24) is 5.32 Å². The molecule has 0 amide bonds. The normalized spacial score (nSPS) is 19.9. The molecular formula is C14H18F3NO2. The van der Waals surface area contributed by atoms with Gasteiger partial charge in [0.2, 0.25) is 0 Å². The van der Waals surface area contributed by atoms with Crippen molar-refractivity contribution in [3.8, 4) is 5.75 Å². The summed E-state index contributed by atoms with van der Waals surface area (Å²) < 4.78 is 45.8. The van der Waals surface area contributed by atoms with E-state index in [-0.39, 0.29) is 5.75 Å². The molecule has 0 bridgehead atoms. The predicted molar refractivity (Wildman–Crippen MR) is 68.4 cm³/mol. The van der Waals surface area contributed by atoms with E-state index in [1.165, 1.54) is 18.2 Å². The molecule has 6 heteroatoms. The van der Waals surface area contributed by atoms with Gasteiger partial charge in [-0.05, 0) is 43.0 Å². The van der Waals surface area contributed by atoms with Crippen molar-refractivity contribution in [1.29, 1.82) is 0 Å². The van der Waals surface area contributed by atoms with Crippen LogP contribution in [0.3, 0.4) is 0 Å². The molecule has 0 aliphatic carbocycles. The van der Waals surface area contributed by atoms with Crippen LogP contribution in [-0.2, 0) is 11.3 Å². The highest BCUT2D eigenvalue weighted by atomic mass is 19.4. The Morgan fingerprint density at radius 2 is 2.15 bits per heavy atom. The van der Waals surface area contributed by atoms with Gasteiger partial charge in [-0.25, -0.2) is 0 Å². The van der Waals surface area contributed by atoms with Gasteiger partial charge in [0.05, 0.1) is 13.2 Å². The van der Waals surface area contributed by atoms with Gasteiger partial charge in [0.15, 0.2) is 0 Å². The van der Waals surface area contributed by atoms with E-state index >= 15 is 0 Å². The highest BCUT2D eigenvalue weighted by Gasteiger charge is 2.31. The Morgan fingerprint density at radius 3 is 2.85 bits per heavy atom. The number of hydrogen-bond acceptors (Lipinski definition) is 3. The molecule has 0 saturated carbocycles. The predicted octanol–water partition coefficient (Wildman–Crippen LogP) is 3.10. The maximum Gasteiger partial charge on any atom is 0.573 e. The number of alkyl halides is 3. The first-order valence-corrected chi connectivity index (χ1v) is 6.66. The molecule has 1 atom stereocenters. The molecule has 2 rings (SSSR count). The van der Waals surface area contributed by atoms with Crippen LogP contribution >= 0.6 is 0 Å². The molecule has 112 valence electrons. The molecule has 1 heterocycles. The van der Waals surface area contributed by atoms with Crippen molar-refractivity contribution >= 4 is 0 Å². The Kier molecular flexibility index (Phi) is 5.25. The van der Waals surface area contributed by atoms with Gasteiger partial charge in [-0.1, -0.05) is 12.1 Å². The van der Waals surface area contributed by atoms with E-state index in [9.17, 15) is 13.2 Å². The van der Waals surface area contributed by atoms with E-state index in [1.807, 2.05) is 0 Å². The van der Waals surface area contributed by atoms with E-state index in [2.05, 4.69) is 10.1 Å². The number of halogens is 3. The zero-order chi connectivity index (χ0) is 14.4. The molecular weight excluding hydrogens is 271 g/mol. The number of rotatable bonds is 5.